The number of thiazole rings is 1. The molecule has 0 N–H and O–H groups in total. The molecule has 1 unspecified atom stereocenters. The van der Waals surface area contributed by atoms with Crippen LogP contribution in [0.5, 0.6) is 0 Å². The third kappa shape index (κ3) is 3.39. The molecule has 2 aromatic rings. The third-order valence-electron chi connectivity index (χ3n) is 4.48. The van der Waals surface area contributed by atoms with E-state index in [0.29, 0.717) is 19.6 Å². The predicted octanol–water partition coefficient (Wildman–Crippen LogP) is 3.17. The summed E-state index contributed by atoms with van der Waals surface area (Å²) in [7, 11) is 0. The van der Waals surface area contributed by atoms with Gasteiger partial charge < -0.3 is 14.4 Å². The molecule has 5 nitrogen and oxygen atoms in total. The van der Waals surface area contributed by atoms with E-state index in [9.17, 15) is 4.79 Å². The van der Waals surface area contributed by atoms with Crippen molar-refractivity contribution in [3.05, 3.63) is 27.9 Å². The minimum Gasteiger partial charge on any atom is -0.348 e. The summed E-state index contributed by atoms with van der Waals surface area (Å²) in [6.07, 6.45) is 3.21. The van der Waals surface area contributed by atoms with Crippen molar-refractivity contribution < 1.29 is 14.3 Å². The van der Waals surface area contributed by atoms with Crippen LogP contribution in [-0.4, -0.2) is 47.9 Å². The van der Waals surface area contributed by atoms with Crippen molar-refractivity contribution >= 4 is 28.6 Å². The number of amides is 1. The van der Waals surface area contributed by atoms with Crippen molar-refractivity contribution in [2.75, 3.05) is 19.8 Å². The van der Waals surface area contributed by atoms with Crippen molar-refractivity contribution in [2.24, 2.45) is 0 Å². The summed E-state index contributed by atoms with van der Waals surface area (Å²) in [4.78, 5) is 19.4. The number of carbonyl (C=O) groups is 1. The number of nitrogens with zero attached hydrogens (tertiary/aromatic N) is 2. The quantitative estimate of drug-likeness (QED) is 0.836. The van der Waals surface area contributed by atoms with Crippen molar-refractivity contribution in [2.45, 2.75) is 38.0 Å². The minimum absolute atomic E-state index is 0.0451. The number of likely N-dealkylation sites (tertiary alicyclic amines) is 1. The Kier molecular flexibility index (Phi) is 4.93. The van der Waals surface area contributed by atoms with Gasteiger partial charge in [0, 0.05) is 22.9 Å². The molecule has 2 aromatic heterocycles. The standard InChI is InChI=1S/C17H20N2O3S2/c20-15(9-13-11-24-16(18-13)12-4-8-23-10-12)19-5-2-1-3-14(19)17-21-6-7-22-17/h4,8,10-11,14,17H,1-3,5-7,9H2. The molecule has 0 aliphatic carbocycles. The normalized spacial score (nSPS) is 22.2. The summed E-state index contributed by atoms with van der Waals surface area (Å²) in [6, 6.07) is 2.11. The monoisotopic (exact) mass is 364 g/mol. The lowest BCUT2D eigenvalue weighted by atomic mass is 10.0. The van der Waals surface area contributed by atoms with Crippen LogP contribution in [0.2, 0.25) is 0 Å². The zero-order valence-electron chi connectivity index (χ0n) is 13.3. The zero-order valence-corrected chi connectivity index (χ0v) is 15.0. The van der Waals surface area contributed by atoms with Gasteiger partial charge in [0.05, 0.1) is 31.4 Å². The second kappa shape index (κ2) is 7.31. The Morgan fingerprint density at radius 3 is 2.96 bits per heavy atom. The first kappa shape index (κ1) is 16.2. The molecule has 0 radical (unpaired) electrons. The van der Waals surface area contributed by atoms with Crippen LogP contribution in [0.25, 0.3) is 10.6 Å². The van der Waals surface area contributed by atoms with Crippen LogP contribution in [0.4, 0.5) is 0 Å². The highest BCUT2D eigenvalue weighted by molar-refractivity contribution is 7.14. The Bertz CT molecular complexity index is 680. The molecule has 24 heavy (non-hydrogen) atoms. The highest BCUT2D eigenvalue weighted by Crippen LogP contribution is 2.28. The van der Waals surface area contributed by atoms with E-state index >= 15 is 0 Å². The van der Waals surface area contributed by atoms with Crippen LogP contribution >= 0.6 is 22.7 Å². The maximum absolute atomic E-state index is 12.8. The molecule has 0 aromatic carbocycles. The van der Waals surface area contributed by atoms with Gasteiger partial charge in [-0.3, -0.25) is 4.79 Å². The molecule has 0 spiro atoms. The van der Waals surface area contributed by atoms with Crippen LogP contribution in [0.1, 0.15) is 25.0 Å². The summed E-state index contributed by atoms with van der Waals surface area (Å²) in [5, 5.41) is 7.10. The van der Waals surface area contributed by atoms with Gasteiger partial charge in [-0.05, 0) is 30.7 Å². The molecule has 128 valence electrons. The Morgan fingerprint density at radius 1 is 1.29 bits per heavy atom. The minimum atomic E-state index is -0.258. The van der Waals surface area contributed by atoms with Crippen LogP contribution in [-0.2, 0) is 20.7 Å². The molecule has 1 atom stereocenters. The summed E-state index contributed by atoms with van der Waals surface area (Å²) < 4.78 is 11.3. The van der Waals surface area contributed by atoms with Gasteiger partial charge in [0.15, 0.2) is 6.29 Å². The average molecular weight is 364 g/mol. The number of ether oxygens (including phenoxy) is 2. The number of hydrogen-bond donors (Lipinski definition) is 0. The molecular formula is C17H20N2O3S2. The van der Waals surface area contributed by atoms with E-state index in [1.165, 1.54) is 0 Å². The Balaban J connectivity index is 1.44. The summed E-state index contributed by atoms with van der Waals surface area (Å²) in [5.74, 6) is 0.126. The second-order valence-electron chi connectivity index (χ2n) is 6.09. The maximum atomic E-state index is 12.8. The van der Waals surface area contributed by atoms with Gasteiger partial charge in [-0.2, -0.15) is 11.3 Å². The fourth-order valence-electron chi connectivity index (χ4n) is 3.31. The summed E-state index contributed by atoms with van der Waals surface area (Å²) in [6.45, 7) is 2.03. The largest absolute Gasteiger partial charge is 0.348 e. The van der Waals surface area contributed by atoms with Crippen LogP contribution < -0.4 is 0 Å². The van der Waals surface area contributed by atoms with Crippen molar-refractivity contribution in [3.8, 4) is 10.6 Å². The first-order valence-corrected chi connectivity index (χ1v) is 10.1. The van der Waals surface area contributed by atoms with Crippen molar-refractivity contribution in [1.29, 1.82) is 0 Å². The van der Waals surface area contributed by atoms with E-state index in [4.69, 9.17) is 9.47 Å². The highest BCUT2D eigenvalue weighted by atomic mass is 32.1. The lowest BCUT2D eigenvalue weighted by Crippen LogP contribution is -2.50. The number of rotatable bonds is 4. The molecule has 2 saturated heterocycles. The highest BCUT2D eigenvalue weighted by Gasteiger charge is 2.36. The van der Waals surface area contributed by atoms with Gasteiger partial charge in [-0.25, -0.2) is 4.98 Å². The van der Waals surface area contributed by atoms with E-state index in [-0.39, 0.29) is 18.2 Å². The molecule has 0 saturated carbocycles. The molecule has 7 heteroatoms. The number of piperidine rings is 1. The number of thiophene rings is 1. The average Bonchev–Trinajstić information content (AvgIpc) is 3.36. The Morgan fingerprint density at radius 2 is 2.17 bits per heavy atom. The van der Waals surface area contributed by atoms with E-state index < -0.39 is 0 Å². The first-order valence-electron chi connectivity index (χ1n) is 8.31. The molecule has 0 bridgehead atoms. The molecule has 4 rings (SSSR count). The zero-order chi connectivity index (χ0) is 16.4. The Hall–Kier alpha value is -1.28. The Labute approximate surface area is 149 Å². The number of carbonyl (C=O) groups excluding carboxylic acids is 1. The van der Waals surface area contributed by atoms with Crippen molar-refractivity contribution in [1.82, 2.24) is 9.88 Å². The molecular weight excluding hydrogens is 344 g/mol. The van der Waals surface area contributed by atoms with Gasteiger partial charge in [-0.15, -0.1) is 11.3 Å². The van der Waals surface area contributed by atoms with Crippen LogP contribution in [0.3, 0.4) is 0 Å². The van der Waals surface area contributed by atoms with Crippen LogP contribution in [0.15, 0.2) is 22.2 Å². The summed E-state index contributed by atoms with van der Waals surface area (Å²) in [5.41, 5.74) is 1.98. The lowest BCUT2D eigenvalue weighted by molar-refractivity contribution is -0.150. The number of hydrogen-bond acceptors (Lipinski definition) is 6. The van der Waals surface area contributed by atoms with E-state index in [2.05, 4.69) is 16.4 Å². The molecule has 1 amide bonds. The fraction of sp³-hybridized carbons (Fsp3) is 0.529. The van der Waals surface area contributed by atoms with Gasteiger partial charge in [0.25, 0.3) is 0 Å². The molecule has 2 fully saturated rings. The third-order valence-corrected chi connectivity index (χ3v) is 6.11. The van der Waals surface area contributed by atoms with Gasteiger partial charge in [0.2, 0.25) is 5.91 Å². The molecule has 4 heterocycles. The van der Waals surface area contributed by atoms with Gasteiger partial charge in [-0.1, -0.05) is 0 Å². The molecule has 2 aliphatic rings. The van der Waals surface area contributed by atoms with E-state index in [0.717, 1.165) is 42.1 Å². The fourth-order valence-corrected chi connectivity index (χ4v) is 4.84. The maximum Gasteiger partial charge on any atom is 0.229 e. The van der Waals surface area contributed by atoms with E-state index in [1.54, 1.807) is 22.7 Å². The van der Waals surface area contributed by atoms with E-state index in [1.807, 2.05) is 15.7 Å². The SMILES string of the molecule is O=C(Cc1csc(-c2ccsc2)n1)N1CCCCC1C1OCCO1. The predicted molar refractivity (Wildman–Crippen MR) is 94.2 cm³/mol. The molecule has 2 aliphatic heterocycles. The van der Waals surface area contributed by atoms with Gasteiger partial charge in [0.1, 0.15) is 5.01 Å². The topological polar surface area (TPSA) is 51.7 Å². The second-order valence-corrected chi connectivity index (χ2v) is 7.73. The smallest absolute Gasteiger partial charge is 0.229 e. The lowest BCUT2D eigenvalue weighted by Gasteiger charge is -2.38. The van der Waals surface area contributed by atoms with Crippen molar-refractivity contribution in [3.63, 3.8) is 0 Å². The summed E-state index contributed by atoms with van der Waals surface area (Å²) >= 11 is 3.26. The van der Waals surface area contributed by atoms with Crippen LogP contribution in [0, 0.1) is 0 Å². The number of aromatic nitrogens is 1. The first-order chi connectivity index (χ1) is 11.8. The van der Waals surface area contributed by atoms with Gasteiger partial charge >= 0.3 is 0 Å².